The predicted octanol–water partition coefficient (Wildman–Crippen LogP) is -0.225. The van der Waals surface area contributed by atoms with Gasteiger partial charge in [-0.2, -0.15) is 5.10 Å². The van der Waals surface area contributed by atoms with Crippen molar-refractivity contribution in [1.82, 2.24) is 19.9 Å². The van der Waals surface area contributed by atoms with Crippen LogP contribution in [0.15, 0.2) is 35.7 Å². The molecule has 0 unspecified atom stereocenters. The van der Waals surface area contributed by atoms with Crippen LogP contribution in [0.2, 0.25) is 0 Å². The number of aliphatic hydroxyl groups is 1. The zero-order valence-corrected chi connectivity index (χ0v) is 10.2. The second kappa shape index (κ2) is 5.25. The van der Waals surface area contributed by atoms with Crippen molar-refractivity contribution in [1.29, 1.82) is 0 Å². The molecule has 2 rings (SSSR count). The smallest absolute Gasteiger partial charge is 0.258 e. The number of aromatic amines is 1. The second-order valence-corrected chi connectivity index (χ2v) is 5.27. The number of hydrogen-bond donors (Lipinski definition) is 3. The van der Waals surface area contributed by atoms with Crippen molar-refractivity contribution < 1.29 is 13.5 Å². The van der Waals surface area contributed by atoms with Gasteiger partial charge in [0.05, 0.1) is 12.8 Å². The normalized spacial score (nSPS) is 11.6. The molecule has 0 fully saturated rings. The summed E-state index contributed by atoms with van der Waals surface area (Å²) in [5.41, 5.74) is 0.972. The van der Waals surface area contributed by atoms with E-state index >= 15 is 0 Å². The van der Waals surface area contributed by atoms with E-state index in [1.807, 2.05) is 0 Å². The molecule has 0 aliphatic heterocycles. The van der Waals surface area contributed by atoms with E-state index in [1.54, 1.807) is 24.5 Å². The van der Waals surface area contributed by atoms with E-state index in [4.69, 9.17) is 5.11 Å². The van der Waals surface area contributed by atoms with Crippen LogP contribution in [-0.4, -0.2) is 28.7 Å². The Labute approximate surface area is 104 Å². The maximum absolute atomic E-state index is 11.9. The molecule has 0 saturated heterocycles. The van der Waals surface area contributed by atoms with Crippen LogP contribution in [0.4, 0.5) is 0 Å². The maximum Gasteiger partial charge on any atom is 0.258 e. The van der Waals surface area contributed by atoms with Gasteiger partial charge in [0, 0.05) is 24.5 Å². The molecule has 2 aromatic rings. The molecular weight excluding hydrogens is 256 g/mol. The topological polar surface area (TPSA) is 108 Å². The Hall–Kier alpha value is -1.77. The molecule has 8 heteroatoms. The fraction of sp³-hybridized carbons (Fsp3) is 0.200. The molecular formula is C10H12N4O3S. The number of sulfonamides is 1. The summed E-state index contributed by atoms with van der Waals surface area (Å²) in [7, 11) is -3.71. The first-order valence-corrected chi connectivity index (χ1v) is 6.63. The van der Waals surface area contributed by atoms with Crippen LogP contribution in [0.1, 0.15) is 11.1 Å². The molecule has 2 heterocycles. The molecule has 0 bridgehead atoms. The SMILES string of the molecule is O=S(=O)(NCc1cccnc1)c1[nH]ncc1CO. The number of rotatable bonds is 5. The Morgan fingerprint density at radius 1 is 1.39 bits per heavy atom. The Morgan fingerprint density at radius 2 is 2.22 bits per heavy atom. The van der Waals surface area contributed by atoms with Gasteiger partial charge in [0.2, 0.25) is 0 Å². The average molecular weight is 268 g/mol. The minimum Gasteiger partial charge on any atom is -0.392 e. The van der Waals surface area contributed by atoms with Crippen LogP contribution in [0, 0.1) is 0 Å². The molecule has 0 amide bonds. The van der Waals surface area contributed by atoms with Gasteiger partial charge >= 0.3 is 0 Å². The van der Waals surface area contributed by atoms with Crippen molar-refractivity contribution in [3.05, 3.63) is 41.9 Å². The van der Waals surface area contributed by atoms with Gasteiger partial charge in [-0.15, -0.1) is 0 Å². The number of aliphatic hydroxyl groups excluding tert-OH is 1. The number of nitrogens with one attached hydrogen (secondary N) is 2. The molecule has 0 spiro atoms. The number of H-pyrrole nitrogens is 1. The highest BCUT2D eigenvalue weighted by molar-refractivity contribution is 7.89. The summed E-state index contributed by atoms with van der Waals surface area (Å²) in [6.07, 6.45) is 4.46. The molecule has 0 aliphatic rings. The monoisotopic (exact) mass is 268 g/mol. The van der Waals surface area contributed by atoms with E-state index in [0.29, 0.717) is 0 Å². The zero-order chi connectivity index (χ0) is 13.0. The van der Waals surface area contributed by atoms with Crippen LogP contribution in [0.3, 0.4) is 0 Å². The van der Waals surface area contributed by atoms with E-state index < -0.39 is 10.0 Å². The first kappa shape index (κ1) is 12.7. The van der Waals surface area contributed by atoms with Crippen molar-refractivity contribution in [2.45, 2.75) is 18.2 Å². The largest absolute Gasteiger partial charge is 0.392 e. The van der Waals surface area contributed by atoms with E-state index in [0.717, 1.165) is 5.56 Å². The highest BCUT2D eigenvalue weighted by Crippen LogP contribution is 2.11. The highest BCUT2D eigenvalue weighted by atomic mass is 32.2. The third kappa shape index (κ3) is 2.73. The average Bonchev–Trinajstić information content (AvgIpc) is 2.87. The van der Waals surface area contributed by atoms with Gasteiger partial charge in [-0.05, 0) is 11.6 Å². The lowest BCUT2D eigenvalue weighted by Crippen LogP contribution is -2.24. The van der Waals surface area contributed by atoms with E-state index in [1.165, 1.54) is 6.20 Å². The number of pyridine rings is 1. The van der Waals surface area contributed by atoms with E-state index in [9.17, 15) is 8.42 Å². The van der Waals surface area contributed by atoms with Gasteiger partial charge in [0.15, 0.2) is 5.03 Å². The first-order valence-electron chi connectivity index (χ1n) is 5.15. The van der Waals surface area contributed by atoms with Gasteiger partial charge in [0.25, 0.3) is 10.0 Å². The lowest BCUT2D eigenvalue weighted by molar-refractivity contribution is 0.278. The summed E-state index contributed by atoms with van der Waals surface area (Å²) in [6.45, 7) is -0.264. The van der Waals surface area contributed by atoms with Crippen LogP contribution in [0.5, 0.6) is 0 Å². The summed E-state index contributed by atoms with van der Waals surface area (Å²) in [6, 6.07) is 3.48. The van der Waals surface area contributed by atoms with E-state index in [-0.39, 0.29) is 23.7 Å². The standard InChI is InChI=1S/C10H12N4O3S/c15-7-9-6-12-14-10(9)18(16,17)13-5-8-2-1-3-11-4-8/h1-4,6,13,15H,5,7H2,(H,12,14). The quantitative estimate of drug-likeness (QED) is 0.694. The summed E-state index contributed by atoms with van der Waals surface area (Å²) in [5.74, 6) is 0. The molecule has 2 aromatic heterocycles. The van der Waals surface area contributed by atoms with E-state index in [2.05, 4.69) is 19.9 Å². The zero-order valence-electron chi connectivity index (χ0n) is 9.37. The number of nitrogens with zero attached hydrogens (tertiary/aromatic N) is 2. The summed E-state index contributed by atoms with van der Waals surface area (Å²) < 4.78 is 26.3. The second-order valence-electron chi connectivity index (χ2n) is 3.57. The fourth-order valence-electron chi connectivity index (χ4n) is 1.40. The summed E-state index contributed by atoms with van der Waals surface area (Å²) in [5, 5.41) is 14.8. The first-order chi connectivity index (χ1) is 8.63. The van der Waals surface area contributed by atoms with Crippen molar-refractivity contribution >= 4 is 10.0 Å². The van der Waals surface area contributed by atoms with Crippen LogP contribution < -0.4 is 4.72 Å². The molecule has 18 heavy (non-hydrogen) atoms. The molecule has 0 aromatic carbocycles. The van der Waals surface area contributed by atoms with Crippen molar-refractivity contribution in [3.63, 3.8) is 0 Å². The van der Waals surface area contributed by atoms with Crippen molar-refractivity contribution in [2.24, 2.45) is 0 Å². The lowest BCUT2D eigenvalue weighted by atomic mass is 10.3. The molecule has 0 atom stereocenters. The Kier molecular flexibility index (Phi) is 3.70. The third-order valence-electron chi connectivity index (χ3n) is 2.31. The molecule has 96 valence electrons. The molecule has 0 radical (unpaired) electrons. The predicted molar refractivity (Wildman–Crippen MR) is 62.8 cm³/mol. The molecule has 0 aliphatic carbocycles. The minimum atomic E-state index is -3.71. The summed E-state index contributed by atoms with van der Waals surface area (Å²) >= 11 is 0. The van der Waals surface area contributed by atoms with Crippen LogP contribution in [0.25, 0.3) is 0 Å². The number of aromatic nitrogens is 3. The lowest BCUT2D eigenvalue weighted by Gasteiger charge is -2.05. The third-order valence-corrected chi connectivity index (χ3v) is 3.72. The Bertz CT molecular complexity index is 609. The molecule has 0 saturated carbocycles. The van der Waals surface area contributed by atoms with Crippen LogP contribution in [-0.2, 0) is 23.2 Å². The van der Waals surface area contributed by atoms with Gasteiger partial charge < -0.3 is 5.11 Å². The van der Waals surface area contributed by atoms with Crippen molar-refractivity contribution in [3.8, 4) is 0 Å². The minimum absolute atomic E-state index is 0.117. The van der Waals surface area contributed by atoms with Gasteiger partial charge in [-0.25, -0.2) is 13.1 Å². The molecule has 7 nitrogen and oxygen atoms in total. The van der Waals surface area contributed by atoms with Gasteiger partial charge in [0.1, 0.15) is 0 Å². The molecule has 3 N–H and O–H groups in total. The van der Waals surface area contributed by atoms with Crippen molar-refractivity contribution in [2.75, 3.05) is 0 Å². The fourth-order valence-corrected chi connectivity index (χ4v) is 2.53. The van der Waals surface area contributed by atoms with Crippen LogP contribution >= 0.6 is 0 Å². The highest BCUT2D eigenvalue weighted by Gasteiger charge is 2.19. The Morgan fingerprint density at radius 3 is 2.89 bits per heavy atom. The summed E-state index contributed by atoms with van der Waals surface area (Å²) in [4.78, 5) is 3.89. The maximum atomic E-state index is 11.9. The Balaban J connectivity index is 2.13. The number of hydrogen-bond acceptors (Lipinski definition) is 5. The van der Waals surface area contributed by atoms with Gasteiger partial charge in [-0.1, -0.05) is 6.07 Å². The van der Waals surface area contributed by atoms with Gasteiger partial charge in [-0.3, -0.25) is 10.1 Å².